The van der Waals surface area contributed by atoms with Crippen molar-refractivity contribution >= 4 is 11.9 Å². The van der Waals surface area contributed by atoms with Crippen molar-refractivity contribution in [2.75, 3.05) is 11.9 Å². The van der Waals surface area contributed by atoms with Gasteiger partial charge in [0.25, 0.3) is 0 Å². The number of hydrogen-bond donors (Lipinski definition) is 2. The fourth-order valence-electron chi connectivity index (χ4n) is 1.38. The fraction of sp³-hybridized carbons (Fsp3) is 0.545. The van der Waals surface area contributed by atoms with E-state index in [9.17, 15) is 4.79 Å². The number of aryl methyl sites for hydroxylation is 2. The third-order valence-electron chi connectivity index (χ3n) is 2.07. The lowest BCUT2D eigenvalue weighted by Crippen LogP contribution is -2.37. The average Bonchev–Trinajstić information content (AvgIpc) is 2.16. The van der Waals surface area contributed by atoms with Gasteiger partial charge in [0.15, 0.2) is 0 Å². The van der Waals surface area contributed by atoms with Crippen molar-refractivity contribution in [3.05, 3.63) is 17.5 Å². The standard InChI is InChI=1S/C11H18N4O/c1-5-12-10(16)9(4)15-11-13-7(2)6-8(3)14-11/h6,9H,5H2,1-4H3,(H,12,16)(H,13,14,15). The molecule has 1 amide bonds. The fourth-order valence-corrected chi connectivity index (χ4v) is 1.38. The van der Waals surface area contributed by atoms with Crippen LogP contribution in [0.2, 0.25) is 0 Å². The molecule has 2 N–H and O–H groups in total. The molecule has 1 rings (SSSR count). The van der Waals surface area contributed by atoms with E-state index in [0.29, 0.717) is 12.5 Å². The number of aromatic nitrogens is 2. The molecule has 0 saturated carbocycles. The topological polar surface area (TPSA) is 66.9 Å². The van der Waals surface area contributed by atoms with Gasteiger partial charge in [-0.25, -0.2) is 9.97 Å². The molecule has 0 saturated heterocycles. The molecule has 0 aliphatic rings. The Morgan fingerprint density at radius 3 is 2.44 bits per heavy atom. The Hall–Kier alpha value is -1.65. The van der Waals surface area contributed by atoms with Gasteiger partial charge in [-0.1, -0.05) is 0 Å². The summed E-state index contributed by atoms with van der Waals surface area (Å²) in [6.07, 6.45) is 0. The zero-order valence-corrected chi connectivity index (χ0v) is 10.2. The van der Waals surface area contributed by atoms with Crippen LogP contribution in [0.5, 0.6) is 0 Å². The zero-order valence-electron chi connectivity index (χ0n) is 10.2. The van der Waals surface area contributed by atoms with Crippen LogP contribution in [0.25, 0.3) is 0 Å². The summed E-state index contributed by atoms with van der Waals surface area (Å²) in [6, 6.07) is 1.56. The van der Waals surface area contributed by atoms with Crippen LogP contribution < -0.4 is 10.6 Å². The highest BCUT2D eigenvalue weighted by Gasteiger charge is 2.12. The summed E-state index contributed by atoms with van der Waals surface area (Å²) in [7, 11) is 0. The predicted octanol–water partition coefficient (Wildman–Crippen LogP) is 1.03. The first kappa shape index (κ1) is 12.4. The molecule has 0 radical (unpaired) electrons. The lowest BCUT2D eigenvalue weighted by atomic mass is 10.3. The Morgan fingerprint density at radius 1 is 1.38 bits per heavy atom. The third kappa shape index (κ3) is 3.49. The quantitative estimate of drug-likeness (QED) is 0.798. The van der Waals surface area contributed by atoms with E-state index < -0.39 is 0 Å². The van der Waals surface area contributed by atoms with E-state index in [1.165, 1.54) is 0 Å². The molecule has 0 aliphatic carbocycles. The maximum absolute atomic E-state index is 11.5. The molecule has 16 heavy (non-hydrogen) atoms. The Morgan fingerprint density at radius 2 is 1.94 bits per heavy atom. The van der Waals surface area contributed by atoms with E-state index >= 15 is 0 Å². The summed E-state index contributed by atoms with van der Waals surface area (Å²) in [6.45, 7) is 8.09. The number of hydrogen-bond acceptors (Lipinski definition) is 4. The van der Waals surface area contributed by atoms with E-state index in [-0.39, 0.29) is 11.9 Å². The van der Waals surface area contributed by atoms with Crippen LogP contribution in [-0.4, -0.2) is 28.5 Å². The van der Waals surface area contributed by atoms with Crippen molar-refractivity contribution in [1.82, 2.24) is 15.3 Å². The molecule has 1 aromatic heterocycles. The van der Waals surface area contributed by atoms with Crippen LogP contribution in [0, 0.1) is 13.8 Å². The van der Waals surface area contributed by atoms with Crippen LogP contribution in [0.3, 0.4) is 0 Å². The third-order valence-corrected chi connectivity index (χ3v) is 2.07. The average molecular weight is 222 g/mol. The highest BCUT2D eigenvalue weighted by Crippen LogP contribution is 2.05. The van der Waals surface area contributed by atoms with Crippen LogP contribution in [0.15, 0.2) is 6.07 Å². The SMILES string of the molecule is CCNC(=O)C(C)Nc1nc(C)cc(C)n1. The lowest BCUT2D eigenvalue weighted by molar-refractivity contribution is -0.121. The van der Waals surface area contributed by atoms with Crippen molar-refractivity contribution < 1.29 is 4.79 Å². The van der Waals surface area contributed by atoms with Gasteiger partial charge in [0.05, 0.1) is 0 Å². The number of carbonyl (C=O) groups excluding carboxylic acids is 1. The molecule has 1 heterocycles. The largest absolute Gasteiger partial charge is 0.355 e. The second-order valence-corrected chi connectivity index (χ2v) is 3.73. The van der Waals surface area contributed by atoms with Gasteiger partial charge in [0.2, 0.25) is 11.9 Å². The van der Waals surface area contributed by atoms with Crippen molar-refractivity contribution in [2.24, 2.45) is 0 Å². The van der Waals surface area contributed by atoms with Crippen molar-refractivity contribution in [2.45, 2.75) is 33.7 Å². The molecule has 1 atom stereocenters. The maximum atomic E-state index is 11.5. The highest BCUT2D eigenvalue weighted by atomic mass is 16.2. The summed E-state index contributed by atoms with van der Waals surface area (Å²) >= 11 is 0. The van der Waals surface area contributed by atoms with Crippen LogP contribution >= 0.6 is 0 Å². The van der Waals surface area contributed by atoms with E-state index in [2.05, 4.69) is 20.6 Å². The molecule has 0 bridgehead atoms. The molecule has 0 aliphatic heterocycles. The minimum Gasteiger partial charge on any atom is -0.355 e. The van der Waals surface area contributed by atoms with Gasteiger partial charge in [0, 0.05) is 17.9 Å². The molecule has 5 heteroatoms. The van der Waals surface area contributed by atoms with Crippen LogP contribution in [0.4, 0.5) is 5.95 Å². The summed E-state index contributed by atoms with van der Waals surface area (Å²) in [5, 5.41) is 5.71. The molecule has 5 nitrogen and oxygen atoms in total. The summed E-state index contributed by atoms with van der Waals surface area (Å²) < 4.78 is 0. The summed E-state index contributed by atoms with van der Waals surface area (Å²) in [5.41, 5.74) is 1.77. The first-order valence-electron chi connectivity index (χ1n) is 5.39. The van der Waals surface area contributed by atoms with Crippen molar-refractivity contribution in [3.8, 4) is 0 Å². The van der Waals surface area contributed by atoms with E-state index in [1.54, 1.807) is 6.92 Å². The lowest BCUT2D eigenvalue weighted by Gasteiger charge is -2.13. The smallest absolute Gasteiger partial charge is 0.242 e. The number of rotatable bonds is 4. The number of likely N-dealkylation sites (N-methyl/N-ethyl adjacent to an activating group) is 1. The summed E-state index contributed by atoms with van der Waals surface area (Å²) in [5.74, 6) is 0.446. The Kier molecular flexibility index (Phi) is 4.22. The summed E-state index contributed by atoms with van der Waals surface area (Å²) in [4.78, 5) is 19.9. The Balaban J connectivity index is 2.69. The highest BCUT2D eigenvalue weighted by molar-refractivity contribution is 5.83. The Labute approximate surface area is 95.7 Å². The monoisotopic (exact) mass is 222 g/mol. The normalized spacial score (nSPS) is 12.0. The zero-order chi connectivity index (χ0) is 12.1. The van der Waals surface area contributed by atoms with Gasteiger partial charge in [-0.2, -0.15) is 0 Å². The van der Waals surface area contributed by atoms with Gasteiger partial charge in [0.1, 0.15) is 6.04 Å². The number of carbonyl (C=O) groups is 1. The molecule has 0 fully saturated rings. The maximum Gasteiger partial charge on any atom is 0.242 e. The van der Waals surface area contributed by atoms with Gasteiger partial charge in [-0.05, 0) is 33.8 Å². The number of amides is 1. The molecule has 1 aromatic rings. The van der Waals surface area contributed by atoms with Gasteiger partial charge in [-0.3, -0.25) is 4.79 Å². The minimum atomic E-state index is -0.332. The molecule has 88 valence electrons. The van der Waals surface area contributed by atoms with Crippen molar-refractivity contribution in [3.63, 3.8) is 0 Å². The first-order valence-corrected chi connectivity index (χ1v) is 5.39. The second-order valence-electron chi connectivity index (χ2n) is 3.73. The predicted molar refractivity (Wildman–Crippen MR) is 63.3 cm³/mol. The number of nitrogens with zero attached hydrogens (tertiary/aromatic N) is 2. The molecule has 0 aromatic carbocycles. The van der Waals surface area contributed by atoms with E-state index in [0.717, 1.165) is 11.4 Å². The molecular weight excluding hydrogens is 204 g/mol. The van der Waals surface area contributed by atoms with E-state index in [1.807, 2.05) is 26.8 Å². The number of anilines is 1. The van der Waals surface area contributed by atoms with Gasteiger partial charge in [-0.15, -0.1) is 0 Å². The minimum absolute atomic E-state index is 0.0507. The Bertz CT molecular complexity index is 358. The van der Waals surface area contributed by atoms with E-state index in [4.69, 9.17) is 0 Å². The van der Waals surface area contributed by atoms with Gasteiger partial charge < -0.3 is 10.6 Å². The first-order chi connectivity index (χ1) is 7.52. The molecule has 0 spiro atoms. The van der Waals surface area contributed by atoms with Gasteiger partial charge >= 0.3 is 0 Å². The second kappa shape index (κ2) is 5.44. The van der Waals surface area contributed by atoms with Crippen LogP contribution in [-0.2, 0) is 4.79 Å². The van der Waals surface area contributed by atoms with Crippen molar-refractivity contribution in [1.29, 1.82) is 0 Å². The van der Waals surface area contributed by atoms with Crippen LogP contribution in [0.1, 0.15) is 25.2 Å². The molecular formula is C11H18N4O. The number of nitrogens with one attached hydrogen (secondary N) is 2. The molecule has 1 unspecified atom stereocenters.